The molecule has 0 spiro atoms. The molecule has 3 atom stereocenters. The first-order valence-electron chi connectivity index (χ1n) is 6.79. The standard InChI is InChI=1S/C15H20FNO2/c1-9-5-3-8-13(10(9)2)17-14-11(15(18)19)6-4-7-12(14)16/h4,6-7,9-10,13,17H,3,5,8H2,1-2H3,(H,18,19). The lowest BCUT2D eigenvalue weighted by molar-refractivity contribution is 0.0697. The third kappa shape index (κ3) is 2.88. The van der Waals surface area contributed by atoms with Gasteiger partial charge >= 0.3 is 5.97 Å². The van der Waals surface area contributed by atoms with E-state index in [0.29, 0.717) is 11.8 Å². The van der Waals surface area contributed by atoms with E-state index in [0.717, 1.165) is 12.8 Å². The molecular formula is C15H20FNO2. The smallest absolute Gasteiger partial charge is 0.337 e. The lowest BCUT2D eigenvalue weighted by Crippen LogP contribution is -2.35. The summed E-state index contributed by atoms with van der Waals surface area (Å²) in [6.45, 7) is 4.33. The second-order valence-electron chi connectivity index (χ2n) is 5.49. The SMILES string of the molecule is CC1CCCC(Nc2c(F)cccc2C(=O)O)C1C. The average Bonchev–Trinajstić information content (AvgIpc) is 2.36. The highest BCUT2D eigenvalue weighted by Crippen LogP contribution is 2.33. The van der Waals surface area contributed by atoms with Crippen LogP contribution in [-0.2, 0) is 0 Å². The number of anilines is 1. The van der Waals surface area contributed by atoms with Crippen molar-refractivity contribution >= 4 is 11.7 Å². The van der Waals surface area contributed by atoms with Gasteiger partial charge in [0, 0.05) is 6.04 Å². The first-order valence-corrected chi connectivity index (χ1v) is 6.79. The van der Waals surface area contributed by atoms with Crippen LogP contribution < -0.4 is 5.32 Å². The van der Waals surface area contributed by atoms with Crippen molar-refractivity contribution < 1.29 is 14.3 Å². The van der Waals surface area contributed by atoms with Crippen LogP contribution >= 0.6 is 0 Å². The van der Waals surface area contributed by atoms with Gasteiger partial charge in [-0.3, -0.25) is 0 Å². The number of carboxylic acid groups (broad SMARTS) is 1. The molecule has 2 rings (SSSR count). The van der Waals surface area contributed by atoms with Gasteiger partial charge in [0.2, 0.25) is 0 Å². The van der Waals surface area contributed by atoms with Crippen LogP contribution in [0.3, 0.4) is 0 Å². The predicted octanol–water partition coefficient (Wildman–Crippen LogP) is 3.76. The Kier molecular flexibility index (Phi) is 4.08. The van der Waals surface area contributed by atoms with Crippen molar-refractivity contribution in [2.24, 2.45) is 11.8 Å². The fourth-order valence-corrected chi connectivity index (χ4v) is 2.82. The van der Waals surface area contributed by atoms with Crippen LogP contribution in [0.4, 0.5) is 10.1 Å². The first-order chi connectivity index (χ1) is 9.00. The predicted molar refractivity (Wildman–Crippen MR) is 72.9 cm³/mol. The van der Waals surface area contributed by atoms with Crippen LogP contribution in [0.15, 0.2) is 18.2 Å². The number of carboxylic acids is 1. The van der Waals surface area contributed by atoms with Gasteiger partial charge in [0.1, 0.15) is 5.82 Å². The summed E-state index contributed by atoms with van der Waals surface area (Å²) in [7, 11) is 0. The molecule has 3 unspecified atom stereocenters. The maximum atomic E-state index is 13.9. The number of hydrogen-bond acceptors (Lipinski definition) is 2. The molecule has 0 aromatic heterocycles. The first kappa shape index (κ1) is 13.8. The molecule has 2 N–H and O–H groups in total. The molecule has 0 aliphatic heterocycles. The van der Waals surface area contributed by atoms with E-state index in [1.807, 2.05) is 0 Å². The maximum absolute atomic E-state index is 13.9. The summed E-state index contributed by atoms with van der Waals surface area (Å²) in [5.41, 5.74) is 0.131. The molecule has 1 aliphatic carbocycles. The Morgan fingerprint density at radius 1 is 1.37 bits per heavy atom. The van der Waals surface area contributed by atoms with E-state index in [2.05, 4.69) is 19.2 Å². The molecular weight excluding hydrogens is 245 g/mol. The largest absolute Gasteiger partial charge is 0.478 e. The lowest BCUT2D eigenvalue weighted by Gasteiger charge is -2.35. The van der Waals surface area contributed by atoms with Gasteiger partial charge in [-0.15, -0.1) is 0 Å². The van der Waals surface area contributed by atoms with Gasteiger partial charge in [-0.1, -0.05) is 32.8 Å². The Morgan fingerprint density at radius 2 is 2.11 bits per heavy atom. The molecule has 19 heavy (non-hydrogen) atoms. The number of halogens is 1. The highest BCUT2D eigenvalue weighted by Gasteiger charge is 2.28. The van der Waals surface area contributed by atoms with E-state index < -0.39 is 11.8 Å². The third-order valence-corrected chi connectivity index (χ3v) is 4.28. The summed E-state index contributed by atoms with van der Waals surface area (Å²) in [5, 5.41) is 12.3. The Labute approximate surface area is 112 Å². The molecule has 0 heterocycles. The zero-order valence-electron chi connectivity index (χ0n) is 11.3. The van der Waals surface area contributed by atoms with Crippen molar-refractivity contribution in [3.8, 4) is 0 Å². The van der Waals surface area contributed by atoms with Gasteiger partial charge in [0.25, 0.3) is 0 Å². The normalized spacial score (nSPS) is 27.0. The van der Waals surface area contributed by atoms with Gasteiger partial charge in [-0.25, -0.2) is 9.18 Å². The van der Waals surface area contributed by atoms with Crippen molar-refractivity contribution in [2.75, 3.05) is 5.32 Å². The summed E-state index contributed by atoms with van der Waals surface area (Å²) in [5.74, 6) is -0.606. The molecule has 0 radical (unpaired) electrons. The van der Waals surface area contributed by atoms with Crippen LogP contribution in [0.25, 0.3) is 0 Å². The molecule has 0 amide bonds. The van der Waals surface area contributed by atoms with Gasteiger partial charge in [0.15, 0.2) is 0 Å². The van der Waals surface area contributed by atoms with E-state index in [-0.39, 0.29) is 17.3 Å². The minimum Gasteiger partial charge on any atom is -0.478 e. The average molecular weight is 265 g/mol. The summed E-state index contributed by atoms with van der Waals surface area (Å²) in [6, 6.07) is 4.30. The van der Waals surface area contributed by atoms with Crippen molar-refractivity contribution in [2.45, 2.75) is 39.2 Å². The van der Waals surface area contributed by atoms with Crippen molar-refractivity contribution in [1.82, 2.24) is 0 Å². The maximum Gasteiger partial charge on any atom is 0.337 e. The number of aromatic carboxylic acids is 1. The number of hydrogen-bond donors (Lipinski definition) is 2. The van der Waals surface area contributed by atoms with E-state index in [1.54, 1.807) is 0 Å². The van der Waals surface area contributed by atoms with E-state index in [1.165, 1.54) is 24.6 Å². The molecule has 4 heteroatoms. The topological polar surface area (TPSA) is 49.3 Å². The zero-order valence-corrected chi connectivity index (χ0v) is 11.3. The fourth-order valence-electron chi connectivity index (χ4n) is 2.82. The highest BCUT2D eigenvalue weighted by molar-refractivity contribution is 5.94. The summed E-state index contributed by atoms with van der Waals surface area (Å²) in [6.07, 6.45) is 3.24. The molecule has 1 saturated carbocycles. The monoisotopic (exact) mass is 265 g/mol. The number of benzene rings is 1. The third-order valence-electron chi connectivity index (χ3n) is 4.28. The Morgan fingerprint density at radius 3 is 2.79 bits per heavy atom. The summed E-state index contributed by atoms with van der Waals surface area (Å²) < 4.78 is 13.9. The van der Waals surface area contributed by atoms with Crippen molar-refractivity contribution in [3.63, 3.8) is 0 Å². The van der Waals surface area contributed by atoms with Crippen molar-refractivity contribution in [1.29, 1.82) is 0 Å². The number of rotatable bonds is 3. The van der Waals surface area contributed by atoms with Gasteiger partial charge < -0.3 is 10.4 Å². The molecule has 104 valence electrons. The quantitative estimate of drug-likeness (QED) is 0.874. The molecule has 1 aromatic carbocycles. The van der Waals surface area contributed by atoms with Gasteiger partial charge in [-0.05, 0) is 30.4 Å². The molecule has 1 aromatic rings. The second kappa shape index (κ2) is 5.59. The van der Waals surface area contributed by atoms with Crippen LogP contribution in [0.2, 0.25) is 0 Å². The van der Waals surface area contributed by atoms with Crippen molar-refractivity contribution in [3.05, 3.63) is 29.6 Å². The highest BCUT2D eigenvalue weighted by atomic mass is 19.1. The molecule has 1 fully saturated rings. The van der Waals surface area contributed by atoms with E-state index >= 15 is 0 Å². The van der Waals surface area contributed by atoms with E-state index in [9.17, 15) is 9.18 Å². The summed E-state index contributed by atoms with van der Waals surface area (Å²) >= 11 is 0. The molecule has 1 aliphatic rings. The summed E-state index contributed by atoms with van der Waals surface area (Å²) in [4.78, 5) is 11.2. The number of para-hydroxylation sites is 1. The van der Waals surface area contributed by atoms with Crippen LogP contribution in [-0.4, -0.2) is 17.1 Å². The van der Waals surface area contributed by atoms with Crippen LogP contribution in [0.1, 0.15) is 43.5 Å². The second-order valence-corrected chi connectivity index (χ2v) is 5.49. The minimum absolute atomic E-state index is 0.00502. The number of carbonyl (C=O) groups is 1. The zero-order chi connectivity index (χ0) is 14.0. The molecule has 0 saturated heterocycles. The van der Waals surface area contributed by atoms with Gasteiger partial charge in [0.05, 0.1) is 11.3 Å². The minimum atomic E-state index is -1.10. The van der Waals surface area contributed by atoms with Crippen LogP contribution in [0, 0.1) is 17.7 Å². The van der Waals surface area contributed by atoms with Crippen LogP contribution in [0.5, 0.6) is 0 Å². The Balaban J connectivity index is 2.25. The van der Waals surface area contributed by atoms with E-state index in [4.69, 9.17) is 5.11 Å². The Bertz CT molecular complexity index is 475. The Hall–Kier alpha value is -1.58. The fraction of sp³-hybridized carbons (Fsp3) is 0.533. The molecule has 0 bridgehead atoms. The molecule has 3 nitrogen and oxygen atoms in total. The lowest BCUT2D eigenvalue weighted by atomic mass is 9.78. The van der Waals surface area contributed by atoms with Gasteiger partial charge in [-0.2, -0.15) is 0 Å². The number of nitrogens with one attached hydrogen (secondary N) is 1.